The fourth-order valence-electron chi connectivity index (χ4n) is 1.18. The van der Waals surface area contributed by atoms with Crippen LogP contribution in [0, 0.1) is 0 Å². The summed E-state index contributed by atoms with van der Waals surface area (Å²) in [6, 6.07) is 4.71. The van der Waals surface area contributed by atoms with E-state index in [-0.39, 0.29) is 0 Å². The van der Waals surface area contributed by atoms with Gasteiger partial charge in [-0.2, -0.15) is 0 Å². The molecule has 1 aromatic rings. The van der Waals surface area contributed by atoms with Gasteiger partial charge in [-0.15, -0.1) is 0 Å². The monoisotopic (exact) mass is 193 g/mol. The lowest BCUT2D eigenvalue weighted by atomic mass is 10.2. The molecule has 0 bridgehead atoms. The Balaban J connectivity index is 2.66. The van der Waals surface area contributed by atoms with Crippen LogP contribution < -0.4 is 5.32 Å². The summed E-state index contributed by atoms with van der Waals surface area (Å²) in [5, 5.41) is 3.04. The molecule has 14 heavy (non-hydrogen) atoms. The second kappa shape index (κ2) is 4.96. The van der Waals surface area contributed by atoms with Gasteiger partial charge in [0.15, 0.2) is 0 Å². The first-order chi connectivity index (χ1) is 6.63. The minimum atomic E-state index is 0.571. The first-order valence-electron chi connectivity index (χ1n) is 4.96. The van der Waals surface area contributed by atoms with Crippen molar-refractivity contribution in [3.8, 4) is 0 Å². The third-order valence-electron chi connectivity index (χ3n) is 2.39. The average molecular weight is 193 g/mol. The zero-order valence-electron chi connectivity index (χ0n) is 9.41. The number of hydrogen-bond donors (Lipinski definition) is 1. The Morgan fingerprint density at radius 3 is 2.79 bits per heavy atom. The molecule has 0 saturated carbocycles. The van der Waals surface area contributed by atoms with Gasteiger partial charge in [0.25, 0.3) is 0 Å². The van der Waals surface area contributed by atoms with Crippen LogP contribution in [-0.4, -0.2) is 30.0 Å². The fourth-order valence-corrected chi connectivity index (χ4v) is 1.18. The first kappa shape index (κ1) is 11.0. The number of anilines is 1. The zero-order valence-corrected chi connectivity index (χ0v) is 9.41. The van der Waals surface area contributed by atoms with Crippen LogP contribution in [0.2, 0.25) is 0 Å². The number of nitrogens with zero attached hydrogens (tertiary/aromatic N) is 2. The van der Waals surface area contributed by atoms with E-state index in [4.69, 9.17) is 0 Å². The van der Waals surface area contributed by atoms with E-state index in [1.807, 2.05) is 13.2 Å². The van der Waals surface area contributed by atoms with Crippen LogP contribution in [0.3, 0.4) is 0 Å². The normalized spacial score (nSPS) is 11.0. The number of aromatic nitrogens is 1. The summed E-state index contributed by atoms with van der Waals surface area (Å²) < 4.78 is 0. The van der Waals surface area contributed by atoms with Crippen LogP contribution in [-0.2, 0) is 6.54 Å². The summed E-state index contributed by atoms with van der Waals surface area (Å²) in [7, 11) is 4.02. The van der Waals surface area contributed by atoms with Gasteiger partial charge >= 0.3 is 0 Å². The van der Waals surface area contributed by atoms with Gasteiger partial charge in [-0.1, -0.05) is 0 Å². The highest BCUT2D eigenvalue weighted by atomic mass is 15.1. The van der Waals surface area contributed by atoms with E-state index in [0.717, 1.165) is 12.4 Å². The molecule has 0 saturated heterocycles. The second-order valence-electron chi connectivity index (χ2n) is 3.81. The van der Waals surface area contributed by atoms with Crippen LogP contribution >= 0.6 is 0 Å². The lowest BCUT2D eigenvalue weighted by molar-refractivity contribution is 0.266. The molecule has 0 atom stereocenters. The molecule has 0 fully saturated rings. The molecule has 1 heterocycles. The van der Waals surface area contributed by atoms with E-state index in [0.29, 0.717) is 6.04 Å². The summed E-state index contributed by atoms with van der Waals surface area (Å²) in [5.74, 6) is 0.930. The number of hydrogen-bond acceptors (Lipinski definition) is 3. The molecule has 3 heteroatoms. The van der Waals surface area contributed by atoms with E-state index >= 15 is 0 Å². The Morgan fingerprint density at radius 2 is 2.21 bits per heavy atom. The van der Waals surface area contributed by atoms with Crippen molar-refractivity contribution in [2.24, 2.45) is 0 Å². The molecule has 0 unspecified atom stereocenters. The summed E-state index contributed by atoms with van der Waals surface area (Å²) >= 11 is 0. The summed E-state index contributed by atoms with van der Waals surface area (Å²) in [4.78, 5) is 6.48. The van der Waals surface area contributed by atoms with Crippen LogP contribution in [0.25, 0.3) is 0 Å². The first-order valence-corrected chi connectivity index (χ1v) is 4.96. The number of pyridine rings is 1. The van der Waals surface area contributed by atoms with Crippen LogP contribution in [0.5, 0.6) is 0 Å². The molecule has 0 amide bonds. The smallest absolute Gasteiger partial charge is 0.125 e. The molecule has 0 aliphatic heterocycles. The third kappa shape index (κ3) is 3.00. The van der Waals surface area contributed by atoms with E-state index in [1.54, 1.807) is 0 Å². The van der Waals surface area contributed by atoms with E-state index < -0.39 is 0 Å². The molecule has 0 spiro atoms. The average Bonchev–Trinajstić information content (AvgIpc) is 2.18. The van der Waals surface area contributed by atoms with Crippen molar-refractivity contribution < 1.29 is 0 Å². The molecular weight excluding hydrogens is 174 g/mol. The third-order valence-corrected chi connectivity index (χ3v) is 2.39. The SMILES string of the molecule is CNc1cc(CN(C)C(C)C)ccn1. The molecule has 0 radical (unpaired) electrons. The lowest BCUT2D eigenvalue weighted by Gasteiger charge is -2.21. The van der Waals surface area contributed by atoms with Gasteiger partial charge in [-0.3, -0.25) is 4.90 Å². The van der Waals surface area contributed by atoms with Crippen LogP contribution in [0.1, 0.15) is 19.4 Å². The van der Waals surface area contributed by atoms with Gasteiger partial charge in [0.2, 0.25) is 0 Å². The van der Waals surface area contributed by atoms with Gasteiger partial charge in [0.1, 0.15) is 5.82 Å². The van der Waals surface area contributed by atoms with Crippen molar-refractivity contribution >= 4 is 5.82 Å². The van der Waals surface area contributed by atoms with Crippen molar-refractivity contribution in [1.29, 1.82) is 0 Å². The van der Waals surface area contributed by atoms with Crippen molar-refractivity contribution in [3.63, 3.8) is 0 Å². The Labute approximate surface area is 86.2 Å². The molecule has 0 aromatic carbocycles. The fraction of sp³-hybridized carbons (Fsp3) is 0.545. The van der Waals surface area contributed by atoms with Gasteiger partial charge in [0.05, 0.1) is 0 Å². The summed E-state index contributed by atoms with van der Waals surface area (Å²) in [6.45, 7) is 5.36. The maximum Gasteiger partial charge on any atom is 0.125 e. The minimum Gasteiger partial charge on any atom is -0.373 e. The highest BCUT2D eigenvalue weighted by molar-refractivity contribution is 5.36. The Kier molecular flexibility index (Phi) is 3.89. The van der Waals surface area contributed by atoms with Gasteiger partial charge < -0.3 is 5.32 Å². The van der Waals surface area contributed by atoms with E-state index in [9.17, 15) is 0 Å². The van der Waals surface area contributed by atoms with Crippen molar-refractivity contribution in [2.75, 3.05) is 19.4 Å². The molecule has 1 rings (SSSR count). The molecule has 3 nitrogen and oxygen atoms in total. The highest BCUT2D eigenvalue weighted by Crippen LogP contribution is 2.09. The zero-order chi connectivity index (χ0) is 10.6. The van der Waals surface area contributed by atoms with Crippen LogP contribution in [0.15, 0.2) is 18.3 Å². The van der Waals surface area contributed by atoms with Crippen LogP contribution in [0.4, 0.5) is 5.82 Å². The molecule has 1 N–H and O–H groups in total. The molecule has 78 valence electrons. The maximum atomic E-state index is 4.18. The predicted octanol–water partition coefficient (Wildman–Crippen LogP) is 1.96. The van der Waals surface area contributed by atoms with E-state index in [1.165, 1.54) is 5.56 Å². The Bertz CT molecular complexity index is 284. The van der Waals surface area contributed by atoms with Crippen molar-refractivity contribution in [2.45, 2.75) is 26.4 Å². The predicted molar refractivity (Wildman–Crippen MR) is 60.4 cm³/mol. The second-order valence-corrected chi connectivity index (χ2v) is 3.81. The largest absolute Gasteiger partial charge is 0.373 e. The lowest BCUT2D eigenvalue weighted by Crippen LogP contribution is -2.25. The molecule has 1 aromatic heterocycles. The van der Waals surface area contributed by atoms with Gasteiger partial charge in [0, 0.05) is 25.8 Å². The van der Waals surface area contributed by atoms with Crippen molar-refractivity contribution in [3.05, 3.63) is 23.9 Å². The topological polar surface area (TPSA) is 28.2 Å². The van der Waals surface area contributed by atoms with Gasteiger partial charge in [-0.25, -0.2) is 4.98 Å². The molecule has 0 aliphatic rings. The highest BCUT2D eigenvalue weighted by Gasteiger charge is 2.04. The maximum absolute atomic E-state index is 4.18. The van der Waals surface area contributed by atoms with E-state index in [2.05, 4.69) is 48.2 Å². The number of rotatable bonds is 4. The van der Waals surface area contributed by atoms with Gasteiger partial charge in [-0.05, 0) is 38.6 Å². The number of nitrogens with one attached hydrogen (secondary N) is 1. The quantitative estimate of drug-likeness (QED) is 0.792. The summed E-state index contributed by atoms with van der Waals surface area (Å²) in [6.07, 6.45) is 1.84. The minimum absolute atomic E-state index is 0.571. The summed E-state index contributed by atoms with van der Waals surface area (Å²) in [5.41, 5.74) is 1.29. The molecule has 0 aliphatic carbocycles. The standard InChI is InChI=1S/C11H19N3/c1-9(2)14(4)8-10-5-6-13-11(7-10)12-3/h5-7,9H,8H2,1-4H3,(H,12,13). The Morgan fingerprint density at radius 1 is 1.50 bits per heavy atom. The molecular formula is C11H19N3. The Hall–Kier alpha value is -1.09. The van der Waals surface area contributed by atoms with Crippen molar-refractivity contribution in [1.82, 2.24) is 9.88 Å².